The molecule has 0 aromatic carbocycles. The van der Waals surface area contributed by atoms with Gasteiger partial charge in [-0.05, 0) is 12.8 Å². The van der Waals surface area contributed by atoms with Crippen LogP contribution in [-0.2, 0) is 21.9 Å². The van der Waals surface area contributed by atoms with E-state index in [1.165, 1.54) is 11.3 Å². The molecule has 7 heteroatoms. The first-order chi connectivity index (χ1) is 9.63. The zero-order valence-electron chi connectivity index (χ0n) is 11.4. The molecule has 1 N–H and O–H groups in total. The van der Waals surface area contributed by atoms with Crippen molar-refractivity contribution in [3.63, 3.8) is 0 Å². The summed E-state index contributed by atoms with van der Waals surface area (Å²) in [6.07, 6.45) is 1.79. The summed E-state index contributed by atoms with van der Waals surface area (Å²) >= 11 is 7.16. The van der Waals surface area contributed by atoms with Gasteiger partial charge in [0.25, 0.3) is 0 Å². The van der Waals surface area contributed by atoms with E-state index in [1.807, 2.05) is 10.3 Å². The Hall–Kier alpha value is -1.14. The smallest absolute Gasteiger partial charge is 0.229 e. The maximum Gasteiger partial charge on any atom is 0.229 e. The van der Waals surface area contributed by atoms with Gasteiger partial charge in [0.1, 0.15) is 5.01 Å². The molecule has 1 aromatic heterocycles. The summed E-state index contributed by atoms with van der Waals surface area (Å²) in [5.74, 6) is 0.564. The summed E-state index contributed by atoms with van der Waals surface area (Å²) in [6, 6.07) is 0. The second-order valence-corrected chi connectivity index (χ2v) is 6.02. The van der Waals surface area contributed by atoms with Crippen molar-refractivity contribution in [3.8, 4) is 0 Å². The van der Waals surface area contributed by atoms with Crippen LogP contribution in [0.15, 0.2) is 5.38 Å². The van der Waals surface area contributed by atoms with Crippen molar-refractivity contribution < 1.29 is 9.59 Å². The molecule has 1 fully saturated rings. The molecular weight excluding hydrogens is 298 g/mol. The largest absolute Gasteiger partial charge is 0.359 e. The van der Waals surface area contributed by atoms with E-state index < -0.39 is 0 Å². The zero-order chi connectivity index (χ0) is 14.5. The Bertz CT molecular complexity index is 484. The molecule has 1 aromatic rings. The number of nitrogens with zero attached hydrogens (tertiary/aromatic N) is 2. The highest BCUT2D eigenvalue weighted by Gasteiger charge is 2.26. The quantitative estimate of drug-likeness (QED) is 0.855. The summed E-state index contributed by atoms with van der Waals surface area (Å²) in [4.78, 5) is 29.8. The van der Waals surface area contributed by atoms with Gasteiger partial charge in [0.2, 0.25) is 11.8 Å². The van der Waals surface area contributed by atoms with Gasteiger partial charge in [-0.1, -0.05) is 0 Å². The number of hydrogen-bond donors (Lipinski definition) is 1. The third kappa shape index (κ3) is 3.70. The molecule has 2 amide bonds. The zero-order valence-corrected chi connectivity index (χ0v) is 13.0. The van der Waals surface area contributed by atoms with Crippen LogP contribution in [-0.4, -0.2) is 41.8 Å². The first-order valence-electron chi connectivity index (χ1n) is 6.62. The summed E-state index contributed by atoms with van der Waals surface area (Å²) < 4.78 is 0. The number of amides is 2. The molecule has 0 atom stereocenters. The lowest BCUT2D eigenvalue weighted by molar-refractivity contribution is -0.134. The Kier molecular flexibility index (Phi) is 5.37. The number of carbonyl (C=O) groups excluding carboxylic acids is 2. The summed E-state index contributed by atoms with van der Waals surface area (Å²) in [5, 5.41) is 5.35. The number of alkyl halides is 1. The van der Waals surface area contributed by atoms with Crippen molar-refractivity contribution in [2.24, 2.45) is 5.92 Å². The monoisotopic (exact) mass is 315 g/mol. The van der Waals surface area contributed by atoms with E-state index in [2.05, 4.69) is 10.3 Å². The number of nitrogens with one attached hydrogen (secondary N) is 1. The van der Waals surface area contributed by atoms with Crippen LogP contribution in [0.2, 0.25) is 0 Å². The molecule has 0 aliphatic carbocycles. The van der Waals surface area contributed by atoms with Gasteiger partial charge in [-0.3, -0.25) is 9.59 Å². The van der Waals surface area contributed by atoms with E-state index in [4.69, 9.17) is 11.6 Å². The average Bonchev–Trinajstić information content (AvgIpc) is 2.94. The molecule has 1 aliphatic rings. The minimum atomic E-state index is 0.0340. The Morgan fingerprint density at radius 2 is 2.20 bits per heavy atom. The minimum absolute atomic E-state index is 0.0340. The van der Waals surface area contributed by atoms with Crippen molar-refractivity contribution in [2.75, 3.05) is 20.1 Å². The van der Waals surface area contributed by atoms with Gasteiger partial charge >= 0.3 is 0 Å². The lowest BCUT2D eigenvalue weighted by Crippen LogP contribution is -2.42. The number of carbonyl (C=O) groups is 2. The van der Waals surface area contributed by atoms with E-state index in [0.717, 1.165) is 23.5 Å². The highest BCUT2D eigenvalue weighted by atomic mass is 35.5. The SMILES string of the molecule is CNC(=O)C1CCN(C(=O)Cc2nc(CCl)cs2)CC1. The predicted molar refractivity (Wildman–Crippen MR) is 78.7 cm³/mol. The standard InChI is InChI=1S/C13H18ClN3O2S/c1-15-13(19)9-2-4-17(5-3-9)12(18)6-11-16-10(7-14)8-20-11/h8-9H,2-7H2,1H3,(H,15,19). The Morgan fingerprint density at radius 1 is 1.50 bits per heavy atom. The molecule has 5 nitrogen and oxygen atoms in total. The lowest BCUT2D eigenvalue weighted by atomic mass is 9.96. The first-order valence-corrected chi connectivity index (χ1v) is 8.04. The maximum atomic E-state index is 12.2. The Labute approximate surface area is 127 Å². The van der Waals surface area contributed by atoms with Crippen LogP contribution in [0.25, 0.3) is 0 Å². The van der Waals surface area contributed by atoms with Crippen LogP contribution >= 0.6 is 22.9 Å². The van der Waals surface area contributed by atoms with Gasteiger partial charge in [0.05, 0.1) is 18.0 Å². The third-order valence-corrected chi connectivity index (χ3v) is 4.67. The fraction of sp³-hybridized carbons (Fsp3) is 0.615. The number of halogens is 1. The van der Waals surface area contributed by atoms with Crippen LogP contribution in [0.3, 0.4) is 0 Å². The predicted octanol–water partition coefficient (Wildman–Crippen LogP) is 1.41. The highest BCUT2D eigenvalue weighted by molar-refractivity contribution is 7.09. The summed E-state index contributed by atoms with van der Waals surface area (Å²) in [5.41, 5.74) is 0.817. The fourth-order valence-electron chi connectivity index (χ4n) is 2.33. The maximum absolute atomic E-state index is 12.2. The van der Waals surface area contributed by atoms with Gasteiger partial charge in [-0.15, -0.1) is 22.9 Å². The summed E-state index contributed by atoms with van der Waals surface area (Å²) in [6.45, 7) is 1.29. The van der Waals surface area contributed by atoms with E-state index in [1.54, 1.807) is 7.05 Å². The number of likely N-dealkylation sites (tertiary alicyclic amines) is 1. The van der Waals surface area contributed by atoms with Gasteiger partial charge in [-0.2, -0.15) is 0 Å². The van der Waals surface area contributed by atoms with Crippen LogP contribution in [0.4, 0.5) is 0 Å². The Morgan fingerprint density at radius 3 is 2.75 bits per heavy atom. The molecule has 2 rings (SSSR count). The van der Waals surface area contributed by atoms with Crippen molar-refractivity contribution >= 4 is 34.8 Å². The van der Waals surface area contributed by atoms with Crippen LogP contribution in [0.5, 0.6) is 0 Å². The number of thiazole rings is 1. The second-order valence-electron chi connectivity index (χ2n) is 4.81. The van der Waals surface area contributed by atoms with Crippen LogP contribution < -0.4 is 5.32 Å². The lowest BCUT2D eigenvalue weighted by Gasteiger charge is -2.31. The van der Waals surface area contributed by atoms with E-state index in [0.29, 0.717) is 25.4 Å². The number of piperidine rings is 1. The molecule has 110 valence electrons. The average molecular weight is 316 g/mol. The molecule has 1 saturated heterocycles. The molecule has 1 aliphatic heterocycles. The number of aromatic nitrogens is 1. The van der Waals surface area contributed by atoms with E-state index in [9.17, 15) is 9.59 Å². The molecule has 20 heavy (non-hydrogen) atoms. The number of hydrogen-bond acceptors (Lipinski definition) is 4. The second kappa shape index (κ2) is 7.04. The van der Waals surface area contributed by atoms with Crippen molar-refractivity contribution in [1.82, 2.24) is 15.2 Å². The molecule has 2 heterocycles. The summed E-state index contributed by atoms with van der Waals surface area (Å²) in [7, 11) is 1.65. The molecule has 0 spiro atoms. The van der Waals surface area contributed by atoms with Gasteiger partial charge < -0.3 is 10.2 Å². The van der Waals surface area contributed by atoms with Gasteiger partial charge in [0.15, 0.2) is 0 Å². The Balaban J connectivity index is 1.84. The van der Waals surface area contributed by atoms with Crippen molar-refractivity contribution in [1.29, 1.82) is 0 Å². The molecule has 0 saturated carbocycles. The molecule has 0 radical (unpaired) electrons. The first kappa shape index (κ1) is 15.3. The van der Waals surface area contributed by atoms with Crippen LogP contribution in [0.1, 0.15) is 23.5 Å². The van der Waals surface area contributed by atoms with Crippen LogP contribution in [0, 0.1) is 5.92 Å². The number of rotatable bonds is 4. The fourth-order valence-corrected chi connectivity index (χ4v) is 3.34. The van der Waals surface area contributed by atoms with Gasteiger partial charge in [-0.25, -0.2) is 4.98 Å². The molecular formula is C13H18ClN3O2S. The highest BCUT2D eigenvalue weighted by Crippen LogP contribution is 2.19. The molecule has 0 bridgehead atoms. The normalized spacial score (nSPS) is 16.2. The molecule has 0 unspecified atom stereocenters. The van der Waals surface area contributed by atoms with Gasteiger partial charge in [0, 0.05) is 31.4 Å². The minimum Gasteiger partial charge on any atom is -0.359 e. The van der Waals surface area contributed by atoms with Crippen molar-refractivity contribution in [2.45, 2.75) is 25.1 Å². The third-order valence-electron chi connectivity index (χ3n) is 3.50. The van der Waals surface area contributed by atoms with E-state index in [-0.39, 0.29) is 17.7 Å². The van der Waals surface area contributed by atoms with Crippen molar-refractivity contribution in [3.05, 3.63) is 16.1 Å². The topological polar surface area (TPSA) is 62.3 Å². The van der Waals surface area contributed by atoms with E-state index >= 15 is 0 Å².